The second-order valence-electron chi connectivity index (χ2n) is 3.41. The Kier molecular flexibility index (Phi) is 4.24. The third kappa shape index (κ3) is 4.40. The maximum absolute atomic E-state index is 11.9. The standard InChI is InChI=1S/C10H9F3N2O3/c11-10(12,13)9(18)15-5-7-2-1-6(4-14-7)3-8(16)17/h1-2,4H,3,5H2,(H,15,18)(H,16,17). The van der Waals surface area contributed by atoms with Crippen LogP contribution < -0.4 is 5.32 Å². The van der Waals surface area contributed by atoms with Gasteiger partial charge in [-0.3, -0.25) is 14.6 Å². The summed E-state index contributed by atoms with van der Waals surface area (Å²) in [7, 11) is 0. The zero-order chi connectivity index (χ0) is 13.8. The van der Waals surface area contributed by atoms with Crippen LogP contribution in [0.1, 0.15) is 11.3 Å². The van der Waals surface area contributed by atoms with Crippen molar-refractivity contribution in [3.63, 3.8) is 0 Å². The summed E-state index contributed by atoms with van der Waals surface area (Å²) >= 11 is 0. The Morgan fingerprint density at radius 2 is 2.00 bits per heavy atom. The molecule has 18 heavy (non-hydrogen) atoms. The van der Waals surface area contributed by atoms with Gasteiger partial charge in [-0.15, -0.1) is 0 Å². The molecule has 0 radical (unpaired) electrons. The van der Waals surface area contributed by atoms with Crippen LogP contribution in [-0.4, -0.2) is 28.1 Å². The number of aliphatic carboxylic acids is 1. The highest BCUT2D eigenvalue weighted by atomic mass is 19.4. The van der Waals surface area contributed by atoms with Crippen molar-refractivity contribution in [3.05, 3.63) is 29.6 Å². The third-order valence-electron chi connectivity index (χ3n) is 1.93. The molecule has 1 aromatic heterocycles. The predicted molar refractivity (Wildman–Crippen MR) is 53.5 cm³/mol. The van der Waals surface area contributed by atoms with E-state index in [0.717, 1.165) is 0 Å². The van der Waals surface area contributed by atoms with Gasteiger partial charge in [0, 0.05) is 6.20 Å². The second kappa shape index (κ2) is 5.48. The minimum Gasteiger partial charge on any atom is -0.481 e. The zero-order valence-electron chi connectivity index (χ0n) is 8.99. The fourth-order valence-corrected chi connectivity index (χ4v) is 1.11. The summed E-state index contributed by atoms with van der Waals surface area (Å²) in [5.41, 5.74) is 0.634. The molecule has 2 N–H and O–H groups in total. The van der Waals surface area contributed by atoms with Gasteiger partial charge in [0.1, 0.15) is 0 Å². The molecule has 8 heteroatoms. The first-order valence-corrected chi connectivity index (χ1v) is 4.79. The van der Waals surface area contributed by atoms with Gasteiger partial charge in [0.05, 0.1) is 18.7 Å². The lowest BCUT2D eigenvalue weighted by Crippen LogP contribution is -2.36. The minimum absolute atomic E-state index is 0.210. The normalized spacial score (nSPS) is 11.1. The number of rotatable bonds is 4. The summed E-state index contributed by atoms with van der Waals surface area (Å²) in [6.07, 6.45) is -3.91. The first-order chi connectivity index (χ1) is 8.29. The molecule has 5 nitrogen and oxygen atoms in total. The Morgan fingerprint density at radius 3 is 2.44 bits per heavy atom. The molecular weight excluding hydrogens is 253 g/mol. The van der Waals surface area contributed by atoms with Gasteiger partial charge in [-0.25, -0.2) is 0 Å². The van der Waals surface area contributed by atoms with E-state index in [0.29, 0.717) is 5.56 Å². The Balaban J connectivity index is 2.54. The van der Waals surface area contributed by atoms with E-state index < -0.39 is 18.1 Å². The van der Waals surface area contributed by atoms with Crippen LogP contribution in [0.15, 0.2) is 18.3 Å². The van der Waals surface area contributed by atoms with E-state index in [-0.39, 0.29) is 18.7 Å². The molecule has 0 fully saturated rings. The van der Waals surface area contributed by atoms with Crippen LogP contribution in [0, 0.1) is 0 Å². The van der Waals surface area contributed by atoms with Crippen molar-refractivity contribution >= 4 is 11.9 Å². The highest BCUT2D eigenvalue weighted by Crippen LogP contribution is 2.14. The SMILES string of the molecule is O=C(O)Cc1ccc(CNC(=O)C(F)(F)F)nc1. The number of alkyl halides is 3. The fourth-order valence-electron chi connectivity index (χ4n) is 1.11. The molecule has 0 saturated carbocycles. The first kappa shape index (κ1) is 13.9. The third-order valence-corrected chi connectivity index (χ3v) is 1.93. The molecular formula is C10H9F3N2O3. The maximum atomic E-state index is 11.9. The molecule has 1 rings (SSSR count). The molecule has 0 spiro atoms. The van der Waals surface area contributed by atoms with Crippen LogP contribution in [-0.2, 0) is 22.6 Å². The van der Waals surface area contributed by atoms with E-state index in [4.69, 9.17) is 5.11 Å². The molecule has 0 bridgehead atoms. The van der Waals surface area contributed by atoms with Crippen LogP contribution in [0.5, 0.6) is 0 Å². The molecule has 1 amide bonds. The van der Waals surface area contributed by atoms with Crippen molar-refractivity contribution in [2.75, 3.05) is 0 Å². The molecule has 98 valence electrons. The molecule has 0 aromatic carbocycles. The average molecular weight is 262 g/mol. The number of carboxylic acid groups (broad SMARTS) is 1. The van der Waals surface area contributed by atoms with E-state index in [2.05, 4.69) is 4.98 Å². The molecule has 1 heterocycles. The fraction of sp³-hybridized carbons (Fsp3) is 0.300. The van der Waals surface area contributed by atoms with Gasteiger partial charge in [-0.2, -0.15) is 13.2 Å². The number of aromatic nitrogens is 1. The number of nitrogens with one attached hydrogen (secondary N) is 1. The largest absolute Gasteiger partial charge is 0.481 e. The summed E-state index contributed by atoms with van der Waals surface area (Å²) in [5, 5.41) is 10.1. The molecule has 1 aromatic rings. The number of carbonyl (C=O) groups is 2. The molecule has 0 atom stereocenters. The monoisotopic (exact) mass is 262 g/mol. The predicted octanol–water partition coefficient (Wildman–Crippen LogP) is 0.887. The van der Waals surface area contributed by atoms with E-state index in [1.807, 2.05) is 0 Å². The van der Waals surface area contributed by atoms with Gasteiger partial charge in [0.25, 0.3) is 0 Å². The van der Waals surface area contributed by atoms with Gasteiger partial charge in [0.15, 0.2) is 0 Å². The molecule has 0 aliphatic heterocycles. The molecule has 0 aliphatic carbocycles. The van der Waals surface area contributed by atoms with Crippen molar-refractivity contribution in [2.45, 2.75) is 19.1 Å². The van der Waals surface area contributed by atoms with E-state index in [1.54, 1.807) is 5.32 Å². The average Bonchev–Trinajstić information content (AvgIpc) is 2.25. The van der Waals surface area contributed by atoms with Crippen LogP contribution in [0.4, 0.5) is 13.2 Å². The van der Waals surface area contributed by atoms with E-state index >= 15 is 0 Å². The van der Waals surface area contributed by atoms with Crippen molar-refractivity contribution in [3.8, 4) is 0 Å². The van der Waals surface area contributed by atoms with Gasteiger partial charge in [-0.05, 0) is 11.6 Å². The summed E-state index contributed by atoms with van der Waals surface area (Å²) in [6.45, 7) is -0.369. The molecule has 0 saturated heterocycles. The Morgan fingerprint density at radius 1 is 1.33 bits per heavy atom. The lowest BCUT2D eigenvalue weighted by Gasteiger charge is -2.07. The number of hydrogen-bond donors (Lipinski definition) is 2. The van der Waals surface area contributed by atoms with E-state index in [1.165, 1.54) is 18.3 Å². The lowest BCUT2D eigenvalue weighted by molar-refractivity contribution is -0.173. The van der Waals surface area contributed by atoms with Gasteiger partial charge in [-0.1, -0.05) is 6.07 Å². The van der Waals surface area contributed by atoms with Crippen molar-refractivity contribution in [1.82, 2.24) is 10.3 Å². The number of halogens is 3. The maximum Gasteiger partial charge on any atom is 0.471 e. The zero-order valence-corrected chi connectivity index (χ0v) is 8.99. The summed E-state index contributed by atoms with van der Waals surface area (Å²) in [6, 6.07) is 2.78. The Bertz CT molecular complexity index is 443. The Labute approximate surface area is 99.6 Å². The number of nitrogens with zero attached hydrogens (tertiary/aromatic N) is 1. The van der Waals surface area contributed by atoms with Crippen LogP contribution in [0.2, 0.25) is 0 Å². The van der Waals surface area contributed by atoms with Gasteiger partial charge >= 0.3 is 18.1 Å². The van der Waals surface area contributed by atoms with Crippen molar-refractivity contribution < 1.29 is 27.9 Å². The summed E-state index contributed by atoms with van der Waals surface area (Å²) in [5.74, 6) is -3.08. The van der Waals surface area contributed by atoms with Crippen LogP contribution in [0.3, 0.4) is 0 Å². The number of carbonyl (C=O) groups excluding carboxylic acids is 1. The van der Waals surface area contributed by atoms with Crippen molar-refractivity contribution in [1.29, 1.82) is 0 Å². The number of amides is 1. The van der Waals surface area contributed by atoms with Gasteiger partial charge in [0.2, 0.25) is 0 Å². The number of pyridine rings is 1. The van der Waals surface area contributed by atoms with Crippen molar-refractivity contribution in [2.24, 2.45) is 0 Å². The first-order valence-electron chi connectivity index (χ1n) is 4.79. The highest BCUT2D eigenvalue weighted by Gasteiger charge is 2.38. The minimum atomic E-state index is -4.93. The Hall–Kier alpha value is -2.12. The molecule has 0 unspecified atom stereocenters. The summed E-state index contributed by atoms with van der Waals surface area (Å²) in [4.78, 5) is 24.6. The number of carboxylic acids is 1. The second-order valence-corrected chi connectivity index (χ2v) is 3.41. The number of hydrogen-bond acceptors (Lipinski definition) is 3. The lowest BCUT2D eigenvalue weighted by atomic mass is 10.2. The van der Waals surface area contributed by atoms with Crippen LogP contribution in [0.25, 0.3) is 0 Å². The van der Waals surface area contributed by atoms with Crippen LogP contribution >= 0.6 is 0 Å². The molecule has 0 aliphatic rings. The smallest absolute Gasteiger partial charge is 0.471 e. The topological polar surface area (TPSA) is 79.3 Å². The van der Waals surface area contributed by atoms with Gasteiger partial charge < -0.3 is 10.4 Å². The quantitative estimate of drug-likeness (QED) is 0.844. The highest BCUT2D eigenvalue weighted by molar-refractivity contribution is 5.81. The summed E-state index contributed by atoms with van der Waals surface area (Å²) < 4.78 is 35.6. The van der Waals surface area contributed by atoms with E-state index in [9.17, 15) is 22.8 Å².